The summed E-state index contributed by atoms with van der Waals surface area (Å²) in [6, 6.07) is 0. The third-order valence-electron chi connectivity index (χ3n) is 1.29. The molecule has 0 aliphatic heterocycles. The maximum absolute atomic E-state index is 4.30. The molecule has 0 aliphatic carbocycles. The second kappa shape index (κ2) is 4.80. The molecule has 0 spiro atoms. The van der Waals surface area contributed by atoms with Crippen LogP contribution in [0.15, 0.2) is 0 Å². The minimum atomic E-state index is 0.208. The molecular weight excluding hydrogens is 182 g/mol. The third kappa shape index (κ3) is 3.42. The Morgan fingerprint density at radius 3 is 1.00 bits per heavy atom. The van der Waals surface area contributed by atoms with Gasteiger partial charge in [-0.15, -0.1) is 0 Å². The zero-order chi connectivity index (χ0) is 8.31. The highest BCUT2D eigenvalue weighted by atomic mass is 32.1. The van der Waals surface area contributed by atoms with E-state index in [0.717, 1.165) is 0 Å². The Morgan fingerprint density at radius 2 is 1.00 bits per heavy atom. The van der Waals surface area contributed by atoms with Crippen LogP contribution >= 0.6 is 37.9 Å². The van der Waals surface area contributed by atoms with Crippen LogP contribution in [0.25, 0.3) is 0 Å². The zero-order valence-electron chi connectivity index (χ0n) is 6.52. The van der Waals surface area contributed by atoms with Crippen molar-refractivity contribution in [3.63, 3.8) is 0 Å². The summed E-state index contributed by atoms with van der Waals surface area (Å²) < 4.78 is 0. The van der Waals surface area contributed by atoms with Gasteiger partial charge in [-0.2, -0.15) is 37.9 Å². The van der Waals surface area contributed by atoms with Gasteiger partial charge in [-0.25, -0.2) is 0 Å². The molecule has 0 aromatic carbocycles. The molecular formula is C6H15NS3. The number of hydrogen-bond acceptors (Lipinski definition) is 4. The Labute approximate surface area is 79.8 Å². The van der Waals surface area contributed by atoms with Gasteiger partial charge in [-0.1, -0.05) is 0 Å². The van der Waals surface area contributed by atoms with Crippen LogP contribution < -0.4 is 0 Å². The summed E-state index contributed by atoms with van der Waals surface area (Å²) in [5.41, 5.74) is 0. The third-order valence-corrected chi connectivity index (χ3v) is 2.09. The molecule has 3 atom stereocenters. The van der Waals surface area contributed by atoms with Crippen LogP contribution in [-0.4, -0.2) is 21.0 Å². The molecule has 0 N–H and O–H groups in total. The van der Waals surface area contributed by atoms with Gasteiger partial charge < -0.3 is 0 Å². The summed E-state index contributed by atoms with van der Waals surface area (Å²) in [6.45, 7) is 6.05. The predicted molar refractivity (Wildman–Crippen MR) is 57.2 cm³/mol. The molecule has 3 unspecified atom stereocenters. The van der Waals surface area contributed by atoms with Crippen LogP contribution in [0.4, 0.5) is 0 Å². The van der Waals surface area contributed by atoms with Gasteiger partial charge in [-0.05, 0) is 20.8 Å². The molecule has 0 fully saturated rings. The van der Waals surface area contributed by atoms with Crippen LogP contribution in [0.5, 0.6) is 0 Å². The smallest absolute Gasteiger partial charge is 0.0520 e. The van der Waals surface area contributed by atoms with E-state index in [1.165, 1.54) is 0 Å². The van der Waals surface area contributed by atoms with Crippen LogP contribution in [0.2, 0.25) is 0 Å². The van der Waals surface area contributed by atoms with E-state index in [1.54, 1.807) is 0 Å². The van der Waals surface area contributed by atoms with Crippen molar-refractivity contribution in [1.82, 2.24) is 4.90 Å². The summed E-state index contributed by atoms with van der Waals surface area (Å²) >= 11 is 12.9. The fourth-order valence-corrected chi connectivity index (χ4v) is 2.45. The average Bonchev–Trinajstić information content (AvgIpc) is 1.59. The SMILES string of the molecule is CC(S)N(C(C)S)C(C)S. The zero-order valence-corrected chi connectivity index (χ0v) is 9.20. The minimum Gasteiger partial charge on any atom is -0.269 e. The van der Waals surface area contributed by atoms with Crippen molar-refractivity contribution >= 4 is 37.9 Å². The molecule has 0 heterocycles. The topological polar surface area (TPSA) is 3.24 Å². The Bertz CT molecular complexity index is 74.0. The highest BCUT2D eigenvalue weighted by Crippen LogP contribution is 2.17. The quantitative estimate of drug-likeness (QED) is 0.462. The molecule has 0 aliphatic rings. The van der Waals surface area contributed by atoms with Gasteiger partial charge in [0, 0.05) is 0 Å². The lowest BCUT2D eigenvalue weighted by Gasteiger charge is -2.32. The number of thiol groups is 3. The van der Waals surface area contributed by atoms with Crippen molar-refractivity contribution in [2.75, 3.05) is 0 Å². The van der Waals surface area contributed by atoms with Gasteiger partial charge in [0.2, 0.25) is 0 Å². The fourth-order valence-electron chi connectivity index (χ4n) is 0.937. The van der Waals surface area contributed by atoms with Crippen molar-refractivity contribution < 1.29 is 0 Å². The van der Waals surface area contributed by atoms with Gasteiger partial charge in [0.05, 0.1) is 16.1 Å². The lowest BCUT2D eigenvalue weighted by Crippen LogP contribution is -2.38. The fraction of sp³-hybridized carbons (Fsp3) is 1.00. The molecule has 0 saturated heterocycles. The van der Waals surface area contributed by atoms with Crippen molar-refractivity contribution in [3.8, 4) is 0 Å². The Kier molecular flexibility index (Phi) is 5.29. The van der Waals surface area contributed by atoms with Gasteiger partial charge in [0.1, 0.15) is 0 Å². The second-order valence-electron chi connectivity index (χ2n) is 2.34. The molecule has 0 radical (unpaired) electrons. The van der Waals surface area contributed by atoms with Gasteiger partial charge >= 0.3 is 0 Å². The molecule has 62 valence electrons. The minimum absolute atomic E-state index is 0.208. The molecule has 0 amide bonds. The van der Waals surface area contributed by atoms with E-state index >= 15 is 0 Å². The Hall–Kier alpha value is 1.01. The lowest BCUT2D eigenvalue weighted by molar-refractivity contribution is 0.256. The standard InChI is InChI=1S/C6H15NS3/c1-4(8)7(5(2)9)6(3)10/h4-6,8-10H,1-3H3. The van der Waals surface area contributed by atoms with Crippen LogP contribution in [0.1, 0.15) is 20.8 Å². The first-order valence-electron chi connectivity index (χ1n) is 3.28. The largest absolute Gasteiger partial charge is 0.269 e. The first-order chi connectivity index (χ1) is 4.46. The monoisotopic (exact) mass is 197 g/mol. The van der Waals surface area contributed by atoms with Crippen LogP contribution in [0, 0.1) is 0 Å². The predicted octanol–water partition coefficient (Wildman–Crippen LogP) is 2.12. The number of rotatable bonds is 3. The molecule has 1 nitrogen and oxygen atoms in total. The van der Waals surface area contributed by atoms with E-state index in [4.69, 9.17) is 0 Å². The maximum Gasteiger partial charge on any atom is 0.0520 e. The molecule has 0 aromatic heterocycles. The maximum atomic E-state index is 4.30. The van der Waals surface area contributed by atoms with E-state index in [-0.39, 0.29) is 16.1 Å². The molecule has 0 saturated carbocycles. The molecule has 0 aromatic rings. The summed E-state index contributed by atoms with van der Waals surface area (Å²) in [5, 5.41) is 0.625. The first kappa shape index (κ1) is 11.0. The van der Waals surface area contributed by atoms with Crippen molar-refractivity contribution in [1.29, 1.82) is 0 Å². The van der Waals surface area contributed by atoms with Crippen molar-refractivity contribution in [3.05, 3.63) is 0 Å². The van der Waals surface area contributed by atoms with Crippen molar-refractivity contribution in [2.24, 2.45) is 0 Å². The average molecular weight is 197 g/mol. The molecule has 0 bridgehead atoms. The van der Waals surface area contributed by atoms with E-state index in [9.17, 15) is 0 Å². The highest BCUT2D eigenvalue weighted by Gasteiger charge is 2.17. The second-order valence-corrected chi connectivity index (χ2v) is 4.58. The first-order valence-corrected chi connectivity index (χ1v) is 4.83. The van der Waals surface area contributed by atoms with E-state index in [2.05, 4.69) is 42.8 Å². The molecule has 10 heavy (non-hydrogen) atoms. The van der Waals surface area contributed by atoms with Gasteiger partial charge in [0.15, 0.2) is 0 Å². The Balaban J connectivity index is 3.98. The van der Waals surface area contributed by atoms with Crippen LogP contribution in [0.3, 0.4) is 0 Å². The van der Waals surface area contributed by atoms with Gasteiger partial charge in [0.25, 0.3) is 0 Å². The highest BCUT2D eigenvalue weighted by molar-refractivity contribution is 7.82. The Morgan fingerprint density at radius 1 is 0.800 bits per heavy atom. The van der Waals surface area contributed by atoms with Gasteiger partial charge in [-0.3, -0.25) is 4.90 Å². The molecule has 4 heteroatoms. The number of nitrogens with zero attached hydrogens (tertiary/aromatic N) is 1. The summed E-state index contributed by atoms with van der Waals surface area (Å²) in [5.74, 6) is 0. The lowest BCUT2D eigenvalue weighted by atomic mass is 10.5. The normalized spacial score (nSPS) is 20.7. The summed E-state index contributed by atoms with van der Waals surface area (Å²) in [4.78, 5) is 2.09. The van der Waals surface area contributed by atoms with E-state index in [0.29, 0.717) is 0 Å². The number of hydrogen-bond donors (Lipinski definition) is 3. The molecule has 0 rings (SSSR count). The van der Waals surface area contributed by atoms with Crippen LogP contribution in [-0.2, 0) is 0 Å². The van der Waals surface area contributed by atoms with E-state index < -0.39 is 0 Å². The van der Waals surface area contributed by atoms with E-state index in [1.807, 2.05) is 20.8 Å². The summed E-state index contributed by atoms with van der Waals surface area (Å²) in [7, 11) is 0. The summed E-state index contributed by atoms with van der Waals surface area (Å²) in [6.07, 6.45) is 0. The van der Waals surface area contributed by atoms with Crippen molar-refractivity contribution in [2.45, 2.75) is 36.9 Å².